The van der Waals surface area contributed by atoms with Gasteiger partial charge in [-0.3, -0.25) is 4.79 Å². The van der Waals surface area contributed by atoms with Gasteiger partial charge in [-0.15, -0.1) is 0 Å². The first kappa shape index (κ1) is 17.0. The monoisotopic (exact) mass is 434 g/mol. The number of para-hydroxylation sites is 1. The van der Waals surface area contributed by atoms with Crippen molar-refractivity contribution >= 4 is 49.6 Å². The van der Waals surface area contributed by atoms with Gasteiger partial charge in [-0.1, -0.05) is 52.3 Å². The van der Waals surface area contributed by atoms with Crippen molar-refractivity contribution in [1.29, 1.82) is 0 Å². The van der Waals surface area contributed by atoms with E-state index in [9.17, 15) is 14.7 Å². The second kappa shape index (κ2) is 5.94. The van der Waals surface area contributed by atoms with Gasteiger partial charge in [-0.25, -0.2) is 4.79 Å². The van der Waals surface area contributed by atoms with E-state index >= 15 is 0 Å². The van der Waals surface area contributed by atoms with Crippen molar-refractivity contribution < 1.29 is 14.7 Å². The summed E-state index contributed by atoms with van der Waals surface area (Å²) in [4.78, 5) is 30.4. The van der Waals surface area contributed by atoms with Crippen LogP contribution in [0.3, 0.4) is 0 Å². The summed E-state index contributed by atoms with van der Waals surface area (Å²) < 4.78 is 0.789. The van der Waals surface area contributed by atoms with Crippen LogP contribution in [-0.4, -0.2) is 33.9 Å². The molecule has 0 radical (unpaired) electrons. The number of carboxylic acid groups (broad SMARTS) is 1. The number of carbonyl (C=O) groups excluding carboxylic acids is 1. The van der Waals surface area contributed by atoms with Gasteiger partial charge in [0, 0.05) is 39.9 Å². The maximum Gasteiger partial charge on any atom is 0.338 e. The van der Waals surface area contributed by atoms with Gasteiger partial charge in [0.05, 0.1) is 16.6 Å². The summed E-state index contributed by atoms with van der Waals surface area (Å²) in [7, 11) is 1.74. The number of benzene rings is 3. The number of fused-ring (bicyclic) bond motifs is 5. The second-order valence-electron chi connectivity index (χ2n) is 6.97. The lowest BCUT2D eigenvalue weighted by Gasteiger charge is -2.15. The first-order valence-electron chi connectivity index (χ1n) is 8.82. The van der Waals surface area contributed by atoms with Gasteiger partial charge in [0.25, 0.3) is 5.91 Å². The third-order valence-electron chi connectivity index (χ3n) is 5.37. The Morgan fingerprint density at radius 2 is 1.82 bits per heavy atom. The van der Waals surface area contributed by atoms with E-state index in [2.05, 4.69) is 20.9 Å². The third kappa shape index (κ3) is 2.18. The van der Waals surface area contributed by atoms with Crippen LogP contribution in [0.5, 0.6) is 0 Å². The van der Waals surface area contributed by atoms with Crippen molar-refractivity contribution in [2.45, 2.75) is 6.54 Å². The standard InChI is InChI=1S/C22H15BrN2O3/c1-25-10-13-16(11-6-2-4-8-14(11)23)19(22(27)28)20-17(18(13)21(25)26)12-7-3-5-9-15(12)24-20/h2-9,24H,10H2,1H3,(H,27,28). The number of nitrogens with zero attached hydrogens (tertiary/aromatic N) is 1. The normalized spacial score (nSPS) is 13.5. The van der Waals surface area contributed by atoms with Crippen LogP contribution in [0.4, 0.5) is 0 Å². The van der Waals surface area contributed by atoms with Gasteiger partial charge in [0.15, 0.2) is 0 Å². The highest BCUT2D eigenvalue weighted by Crippen LogP contribution is 2.45. The zero-order valence-electron chi connectivity index (χ0n) is 14.9. The molecular formula is C22H15BrN2O3. The van der Waals surface area contributed by atoms with Gasteiger partial charge >= 0.3 is 5.97 Å². The fourth-order valence-electron chi connectivity index (χ4n) is 4.21. The number of aromatic carboxylic acids is 1. The lowest BCUT2D eigenvalue weighted by molar-refractivity contribution is 0.0699. The number of carboxylic acids is 1. The summed E-state index contributed by atoms with van der Waals surface area (Å²) in [6.07, 6.45) is 0. The Balaban J connectivity index is 2.07. The van der Waals surface area contributed by atoms with Crippen LogP contribution in [0.15, 0.2) is 53.0 Å². The van der Waals surface area contributed by atoms with Crippen LogP contribution in [0.2, 0.25) is 0 Å². The summed E-state index contributed by atoms with van der Waals surface area (Å²) in [5.74, 6) is -1.11. The molecule has 5 rings (SSSR count). The molecule has 0 bridgehead atoms. The number of carbonyl (C=O) groups is 2. The molecule has 0 saturated carbocycles. The molecule has 0 atom stereocenters. The minimum Gasteiger partial charge on any atom is -0.478 e. The van der Waals surface area contributed by atoms with Crippen LogP contribution in [-0.2, 0) is 6.54 Å². The number of halogens is 1. The van der Waals surface area contributed by atoms with E-state index in [1.807, 2.05) is 48.5 Å². The van der Waals surface area contributed by atoms with Crippen molar-refractivity contribution in [2.24, 2.45) is 0 Å². The molecule has 6 heteroatoms. The van der Waals surface area contributed by atoms with Crippen molar-refractivity contribution in [3.05, 3.63) is 69.7 Å². The Morgan fingerprint density at radius 1 is 1.11 bits per heavy atom. The van der Waals surface area contributed by atoms with E-state index in [-0.39, 0.29) is 11.5 Å². The molecule has 1 aliphatic rings. The van der Waals surface area contributed by atoms with Crippen LogP contribution in [0.1, 0.15) is 26.3 Å². The number of aromatic amines is 1. The molecule has 5 nitrogen and oxygen atoms in total. The average molecular weight is 435 g/mol. The van der Waals surface area contributed by atoms with Crippen LogP contribution in [0.25, 0.3) is 32.9 Å². The summed E-state index contributed by atoms with van der Waals surface area (Å²) >= 11 is 3.55. The highest BCUT2D eigenvalue weighted by atomic mass is 79.9. The van der Waals surface area contributed by atoms with E-state index in [1.165, 1.54) is 0 Å². The van der Waals surface area contributed by atoms with Crippen molar-refractivity contribution in [3.63, 3.8) is 0 Å². The number of amides is 1. The van der Waals surface area contributed by atoms with E-state index < -0.39 is 5.97 Å². The number of rotatable bonds is 2. The molecule has 1 aromatic heterocycles. The SMILES string of the molecule is CN1Cc2c(-c3ccccc3Br)c(C(=O)O)c3[nH]c4ccccc4c3c2C1=O. The predicted molar refractivity (Wildman–Crippen MR) is 112 cm³/mol. The molecule has 0 spiro atoms. The Kier molecular flexibility index (Phi) is 3.61. The highest BCUT2D eigenvalue weighted by molar-refractivity contribution is 9.10. The molecule has 0 unspecified atom stereocenters. The maximum atomic E-state index is 13.1. The lowest BCUT2D eigenvalue weighted by Crippen LogP contribution is -2.17. The van der Waals surface area contributed by atoms with Gasteiger partial charge in [-0.2, -0.15) is 0 Å². The first-order chi connectivity index (χ1) is 13.5. The molecule has 2 N–H and O–H groups in total. The number of aromatic nitrogens is 1. The van der Waals surface area contributed by atoms with Crippen LogP contribution in [0, 0.1) is 0 Å². The molecule has 2 heterocycles. The number of hydrogen-bond acceptors (Lipinski definition) is 2. The fourth-order valence-corrected chi connectivity index (χ4v) is 4.69. The average Bonchev–Trinajstić information content (AvgIpc) is 3.18. The molecule has 1 aliphatic heterocycles. The number of nitrogens with one attached hydrogen (secondary N) is 1. The van der Waals surface area contributed by atoms with Crippen molar-refractivity contribution in [1.82, 2.24) is 9.88 Å². The predicted octanol–water partition coefficient (Wildman–Crippen LogP) is 5.03. The molecule has 138 valence electrons. The van der Waals surface area contributed by atoms with E-state index in [0.717, 1.165) is 26.5 Å². The highest BCUT2D eigenvalue weighted by Gasteiger charge is 2.35. The summed E-state index contributed by atoms with van der Waals surface area (Å²) in [6, 6.07) is 15.1. The minimum absolute atomic E-state index is 0.0880. The molecule has 4 aromatic rings. The molecule has 1 amide bonds. The molecule has 0 saturated heterocycles. The first-order valence-corrected chi connectivity index (χ1v) is 9.61. The topological polar surface area (TPSA) is 73.4 Å². The Morgan fingerprint density at radius 3 is 2.57 bits per heavy atom. The second-order valence-corrected chi connectivity index (χ2v) is 7.82. The van der Waals surface area contributed by atoms with E-state index in [1.54, 1.807) is 11.9 Å². The van der Waals surface area contributed by atoms with Gasteiger partial charge in [0.1, 0.15) is 0 Å². The fraction of sp³-hybridized carbons (Fsp3) is 0.0909. The lowest BCUT2D eigenvalue weighted by atomic mass is 9.88. The van der Waals surface area contributed by atoms with Crippen LogP contribution >= 0.6 is 15.9 Å². The minimum atomic E-state index is -1.02. The largest absolute Gasteiger partial charge is 0.478 e. The number of H-pyrrole nitrogens is 1. The van der Waals surface area contributed by atoms with E-state index in [4.69, 9.17) is 0 Å². The number of hydrogen-bond donors (Lipinski definition) is 2. The van der Waals surface area contributed by atoms with E-state index in [0.29, 0.717) is 28.6 Å². The Bertz CT molecular complexity index is 1320. The Hall–Kier alpha value is -3.12. The van der Waals surface area contributed by atoms with Crippen LogP contribution < -0.4 is 0 Å². The summed E-state index contributed by atoms with van der Waals surface area (Å²) in [5, 5.41) is 11.7. The van der Waals surface area contributed by atoms with Crippen molar-refractivity contribution in [3.8, 4) is 11.1 Å². The van der Waals surface area contributed by atoms with Gasteiger partial charge < -0.3 is 15.0 Å². The van der Waals surface area contributed by atoms with Gasteiger partial charge in [0.2, 0.25) is 0 Å². The summed E-state index contributed by atoms with van der Waals surface area (Å²) in [5.41, 5.74) is 4.20. The van der Waals surface area contributed by atoms with Crippen molar-refractivity contribution in [2.75, 3.05) is 7.05 Å². The molecule has 3 aromatic carbocycles. The smallest absolute Gasteiger partial charge is 0.338 e. The molecule has 0 fully saturated rings. The zero-order valence-corrected chi connectivity index (χ0v) is 16.5. The van der Waals surface area contributed by atoms with Gasteiger partial charge in [-0.05, 0) is 23.3 Å². The maximum absolute atomic E-state index is 13.1. The third-order valence-corrected chi connectivity index (χ3v) is 6.06. The quantitative estimate of drug-likeness (QED) is 0.464. The zero-order chi connectivity index (χ0) is 19.6. The molecule has 28 heavy (non-hydrogen) atoms. The Labute approximate surface area is 168 Å². The summed E-state index contributed by atoms with van der Waals surface area (Å²) in [6.45, 7) is 0.376. The molecular weight excluding hydrogens is 420 g/mol. The molecule has 0 aliphatic carbocycles.